The number of hydrogen-bond donors (Lipinski definition) is 1. The highest BCUT2D eigenvalue weighted by Gasteiger charge is 2.30. The van der Waals surface area contributed by atoms with Crippen molar-refractivity contribution in [3.63, 3.8) is 0 Å². The van der Waals surface area contributed by atoms with Crippen molar-refractivity contribution in [2.75, 3.05) is 13.1 Å². The molecule has 0 saturated heterocycles. The predicted molar refractivity (Wildman–Crippen MR) is 93.3 cm³/mol. The molecule has 6 heteroatoms. The van der Waals surface area contributed by atoms with E-state index in [9.17, 15) is 9.59 Å². The van der Waals surface area contributed by atoms with Crippen molar-refractivity contribution in [3.05, 3.63) is 45.0 Å². The average molecular weight is 346 g/mol. The number of furan rings is 1. The molecule has 0 saturated carbocycles. The van der Waals surface area contributed by atoms with Crippen molar-refractivity contribution in [2.45, 2.75) is 39.7 Å². The van der Waals surface area contributed by atoms with Crippen molar-refractivity contribution in [2.24, 2.45) is 0 Å². The summed E-state index contributed by atoms with van der Waals surface area (Å²) in [6.07, 6.45) is 1.77. The molecule has 1 unspecified atom stereocenters. The summed E-state index contributed by atoms with van der Waals surface area (Å²) in [5.41, 5.74) is 1.75. The van der Waals surface area contributed by atoms with Gasteiger partial charge in [0, 0.05) is 11.4 Å². The van der Waals surface area contributed by atoms with Gasteiger partial charge in [0.05, 0.1) is 18.2 Å². The summed E-state index contributed by atoms with van der Waals surface area (Å²) in [4.78, 5) is 28.1. The molecule has 2 aromatic heterocycles. The molecule has 0 aromatic carbocycles. The summed E-state index contributed by atoms with van der Waals surface area (Å²) >= 11 is 1.76. The smallest absolute Gasteiger partial charge is 0.255 e. The fraction of sp³-hybridized carbons (Fsp3) is 0.444. The molecule has 0 fully saturated rings. The summed E-state index contributed by atoms with van der Waals surface area (Å²) < 4.78 is 5.37. The molecule has 1 atom stereocenters. The molecule has 1 aliphatic rings. The fourth-order valence-corrected chi connectivity index (χ4v) is 4.27. The summed E-state index contributed by atoms with van der Waals surface area (Å²) in [6.45, 7) is 6.36. The molecule has 3 rings (SSSR count). The van der Waals surface area contributed by atoms with Gasteiger partial charge in [-0.2, -0.15) is 0 Å². The van der Waals surface area contributed by atoms with Gasteiger partial charge in [-0.15, -0.1) is 11.3 Å². The minimum absolute atomic E-state index is 0.0124. The molecule has 0 radical (unpaired) electrons. The summed E-state index contributed by atoms with van der Waals surface area (Å²) in [5, 5.41) is 4.82. The third kappa shape index (κ3) is 3.11. The SMILES string of the molecule is CCC1c2ccsc2CCN1C(=O)CNC(=O)c1cc(C)oc1C. The van der Waals surface area contributed by atoms with E-state index in [2.05, 4.69) is 23.7 Å². The van der Waals surface area contributed by atoms with Gasteiger partial charge < -0.3 is 14.6 Å². The van der Waals surface area contributed by atoms with E-state index in [1.165, 1.54) is 10.4 Å². The second-order valence-electron chi connectivity index (χ2n) is 6.07. The van der Waals surface area contributed by atoms with E-state index >= 15 is 0 Å². The Morgan fingerprint density at radius 2 is 2.21 bits per heavy atom. The Hall–Kier alpha value is -2.08. The van der Waals surface area contributed by atoms with Crippen molar-refractivity contribution in [1.82, 2.24) is 10.2 Å². The van der Waals surface area contributed by atoms with E-state index in [0.717, 1.165) is 12.8 Å². The van der Waals surface area contributed by atoms with Crippen LogP contribution in [0.4, 0.5) is 0 Å². The Morgan fingerprint density at radius 3 is 2.88 bits per heavy atom. The minimum Gasteiger partial charge on any atom is -0.466 e. The number of amides is 2. The molecule has 0 aliphatic carbocycles. The van der Waals surface area contributed by atoms with Gasteiger partial charge in [-0.05, 0) is 49.8 Å². The van der Waals surface area contributed by atoms with Crippen LogP contribution in [-0.4, -0.2) is 29.8 Å². The van der Waals surface area contributed by atoms with E-state index < -0.39 is 0 Å². The van der Waals surface area contributed by atoms with Crippen LogP contribution in [0.25, 0.3) is 0 Å². The first kappa shape index (κ1) is 16.8. The Morgan fingerprint density at radius 1 is 1.42 bits per heavy atom. The van der Waals surface area contributed by atoms with Crippen molar-refractivity contribution in [3.8, 4) is 0 Å². The molecule has 128 valence electrons. The number of fused-ring (bicyclic) bond motifs is 1. The van der Waals surface area contributed by atoms with Crippen LogP contribution in [0, 0.1) is 13.8 Å². The van der Waals surface area contributed by atoms with Crippen LogP contribution in [0.5, 0.6) is 0 Å². The topological polar surface area (TPSA) is 62.6 Å². The second-order valence-corrected chi connectivity index (χ2v) is 7.07. The van der Waals surface area contributed by atoms with Crippen molar-refractivity contribution >= 4 is 23.2 Å². The summed E-state index contributed by atoms with van der Waals surface area (Å²) in [7, 11) is 0. The maximum Gasteiger partial charge on any atom is 0.255 e. The van der Waals surface area contributed by atoms with E-state index in [1.807, 2.05) is 4.90 Å². The highest BCUT2D eigenvalue weighted by molar-refractivity contribution is 7.10. The molecule has 5 nitrogen and oxygen atoms in total. The second kappa shape index (κ2) is 6.81. The molecular formula is C18H22N2O3S. The normalized spacial score (nSPS) is 16.8. The Balaban J connectivity index is 1.65. The van der Waals surface area contributed by atoms with Gasteiger partial charge in [-0.3, -0.25) is 9.59 Å². The number of nitrogens with one attached hydrogen (secondary N) is 1. The van der Waals surface area contributed by atoms with E-state index in [1.54, 1.807) is 31.3 Å². The Kier molecular flexibility index (Phi) is 4.76. The largest absolute Gasteiger partial charge is 0.466 e. The maximum atomic E-state index is 12.6. The van der Waals surface area contributed by atoms with Crippen LogP contribution in [0.3, 0.4) is 0 Å². The first-order chi connectivity index (χ1) is 11.5. The number of aryl methyl sites for hydroxylation is 2. The van der Waals surface area contributed by atoms with Gasteiger partial charge in [0.15, 0.2) is 0 Å². The highest BCUT2D eigenvalue weighted by atomic mass is 32.1. The van der Waals surface area contributed by atoms with Crippen LogP contribution in [0.15, 0.2) is 21.9 Å². The average Bonchev–Trinajstić information content (AvgIpc) is 3.17. The molecule has 2 amide bonds. The van der Waals surface area contributed by atoms with Crippen LogP contribution >= 0.6 is 11.3 Å². The number of carbonyl (C=O) groups excluding carboxylic acids is 2. The van der Waals surface area contributed by atoms with Gasteiger partial charge in [0.25, 0.3) is 5.91 Å². The van der Waals surface area contributed by atoms with Gasteiger partial charge in [-0.25, -0.2) is 0 Å². The number of carbonyl (C=O) groups is 2. The number of hydrogen-bond acceptors (Lipinski definition) is 4. The Labute approximate surface area is 145 Å². The third-order valence-corrected chi connectivity index (χ3v) is 5.48. The zero-order chi connectivity index (χ0) is 17.3. The maximum absolute atomic E-state index is 12.6. The summed E-state index contributed by atoms with van der Waals surface area (Å²) in [6, 6.07) is 3.93. The van der Waals surface area contributed by atoms with Crippen molar-refractivity contribution < 1.29 is 14.0 Å². The number of thiophene rings is 1. The molecule has 3 heterocycles. The quantitative estimate of drug-likeness (QED) is 0.924. The fourth-order valence-electron chi connectivity index (χ4n) is 3.34. The monoisotopic (exact) mass is 346 g/mol. The van der Waals surface area contributed by atoms with E-state index in [4.69, 9.17) is 4.42 Å². The molecule has 0 spiro atoms. The van der Waals surface area contributed by atoms with Gasteiger partial charge >= 0.3 is 0 Å². The lowest BCUT2D eigenvalue weighted by Crippen LogP contribution is -2.44. The van der Waals surface area contributed by atoms with Gasteiger partial charge in [0.1, 0.15) is 11.5 Å². The third-order valence-electron chi connectivity index (χ3n) is 4.49. The Bertz CT molecular complexity index is 762. The van der Waals surface area contributed by atoms with Crippen molar-refractivity contribution in [1.29, 1.82) is 0 Å². The predicted octanol–water partition coefficient (Wildman–Crippen LogP) is 3.22. The molecule has 24 heavy (non-hydrogen) atoms. The summed E-state index contributed by atoms with van der Waals surface area (Å²) in [5.74, 6) is 0.963. The first-order valence-corrected chi connectivity index (χ1v) is 9.10. The molecule has 2 aromatic rings. The zero-order valence-corrected chi connectivity index (χ0v) is 15.0. The van der Waals surface area contributed by atoms with Crippen LogP contribution in [0.1, 0.15) is 51.7 Å². The van der Waals surface area contributed by atoms with Gasteiger partial charge in [-0.1, -0.05) is 6.92 Å². The lowest BCUT2D eigenvalue weighted by molar-refractivity contribution is -0.133. The molecule has 0 bridgehead atoms. The highest BCUT2D eigenvalue weighted by Crippen LogP contribution is 2.35. The number of nitrogens with zero attached hydrogens (tertiary/aromatic N) is 1. The van der Waals surface area contributed by atoms with Crippen LogP contribution in [-0.2, 0) is 11.2 Å². The standard InChI is InChI=1S/C18H22N2O3S/c1-4-15-13-6-8-24-16(13)5-7-20(15)17(21)10-19-18(22)14-9-11(2)23-12(14)3/h6,8-9,15H,4-5,7,10H2,1-3H3,(H,19,22). The van der Waals surface area contributed by atoms with Gasteiger partial charge in [0.2, 0.25) is 5.91 Å². The van der Waals surface area contributed by atoms with Crippen LogP contribution < -0.4 is 5.32 Å². The lowest BCUT2D eigenvalue weighted by atomic mass is 9.98. The lowest BCUT2D eigenvalue weighted by Gasteiger charge is -2.35. The minimum atomic E-state index is -0.265. The van der Waals surface area contributed by atoms with Crippen LogP contribution in [0.2, 0.25) is 0 Å². The zero-order valence-electron chi connectivity index (χ0n) is 14.2. The van der Waals surface area contributed by atoms with E-state index in [-0.39, 0.29) is 24.4 Å². The first-order valence-electron chi connectivity index (χ1n) is 8.22. The molecule has 1 aliphatic heterocycles. The number of rotatable bonds is 4. The molecule has 1 N–H and O–H groups in total. The van der Waals surface area contributed by atoms with E-state index in [0.29, 0.717) is 23.6 Å². The molecular weight excluding hydrogens is 324 g/mol.